The van der Waals surface area contributed by atoms with E-state index in [9.17, 15) is 4.79 Å². The number of hydrogen-bond donors (Lipinski definition) is 0. The van der Waals surface area contributed by atoms with Gasteiger partial charge in [-0.1, -0.05) is 6.92 Å². The van der Waals surface area contributed by atoms with Crippen molar-refractivity contribution in [1.29, 1.82) is 0 Å². The van der Waals surface area contributed by atoms with Gasteiger partial charge in [0.1, 0.15) is 6.61 Å². The molecule has 2 aromatic carbocycles. The fourth-order valence-corrected chi connectivity index (χ4v) is 3.75. The fourth-order valence-electron chi connectivity index (χ4n) is 3.75. The van der Waals surface area contributed by atoms with Gasteiger partial charge in [-0.05, 0) is 42.3 Å². The Balaban J connectivity index is 0.00000272. The Morgan fingerprint density at radius 3 is 2.35 bits per heavy atom. The van der Waals surface area contributed by atoms with E-state index in [1.54, 1.807) is 26.6 Å². The van der Waals surface area contributed by atoms with Gasteiger partial charge < -0.3 is 19.1 Å². The van der Waals surface area contributed by atoms with E-state index in [4.69, 9.17) is 14.2 Å². The molecular formula is C23H26ClN3O4. The number of carbonyl (C=O) groups excluding carboxylic acids is 1. The Kier molecular flexibility index (Phi) is 6.55. The highest BCUT2D eigenvalue weighted by atomic mass is 35.5. The summed E-state index contributed by atoms with van der Waals surface area (Å²) in [5.74, 6) is 1.53. The molecule has 7 nitrogen and oxygen atoms in total. The highest BCUT2D eigenvalue weighted by Crippen LogP contribution is 2.42. The summed E-state index contributed by atoms with van der Waals surface area (Å²) < 4.78 is 16.3. The third kappa shape index (κ3) is 3.85. The zero-order valence-corrected chi connectivity index (χ0v) is 19.1. The molecule has 0 amide bonds. The van der Waals surface area contributed by atoms with E-state index in [0.717, 1.165) is 33.9 Å². The number of ether oxygens (including phenoxy) is 3. The minimum atomic E-state index is -0.336. The Morgan fingerprint density at radius 1 is 1.10 bits per heavy atom. The van der Waals surface area contributed by atoms with Crippen molar-refractivity contribution in [3.05, 3.63) is 41.7 Å². The molecule has 8 heteroatoms. The van der Waals surface area contributed by atoms with Crippen LogP contribution in [-0.2, 0) is 11.3 Å². The van der Waals surface area contributed by atoms with Gasteiger partial charge in [-0.2, -0.15) is 0 Å². The van der Waals surface area contributed by atoms with E-state index < -0.39 is 0 Å². The summed E-state index contributed by atoms with van der Waals surface area (Å²) >= 11 is 0. The Hall–Kier alpha value is -3.06. The molecular weight excluding hydrogens is 418 g/mol. The van der Waals surface area contributed by atoms with Crippen molar-refractivity contribution in [2.45, 2.75) is 32.9 Å². The van der Waals surface area contributed by atoms with E-state index in [2.05, 4.69) is 23.8 Å². The van der Waals surface area contributed by atoms with Crippen LogP contribution in [0.4, 0.5) is 5.95 Å². The van der Waals surface area contributed by atoms with Crippen molar-refractivity contribution in [2.24, 2.45) is 0 Å². The average Bonchev–Trinajstić information content (AvgIpc) is 3.15. The predicted molar refractivity (Wildman–Crippen MR) is 123 cm³/mol. The standard InChI is InChI=1S/C23H25N3O4.ClH/c1-6-13(2)26(3)23-24-10-16(11-25-23)20-17-9-19(29-5)18(28-4)8-14(17)7-15-12-30-22(27)21(15)20;/h7-11,13H,6,12H2,1-5H3;1H. The first-order valence-corrected chi connectivity index (χ1v) is 9.92. The van der Waals surface area contributed by atoms with Gasteiger partial charge >= 0.3 is 5.97 Å². The molecule has 0 N–H and O–H groups in total. The second-order valence-corrected chi connectivity index (χ2v) is 7.43. The first kappa shape index (κ1) is 22.6. The average molecular weight is 444 g/mol. The molecule has 0 aliphatic carbocycles. The lowest BCUT2D eigenvalue weighted by atomic mass is 9.91. The van der Waals surface area contributed by atoms with Gasteiger partial charge in [-0.25, -0.2) is 14.8 Å². The fraction of sp³-hybridized carbons (Fsp3) is 0.348. The molecule has 1 aromatic heterocycles. The normalized spacial score (nSPS) is 13.3. The Labute approximate surface area is 187 Å². The van der Waals surface area contributed by atoms with Gasteiger partial charge in [0.25, 0.3) is 0 Å². The molecule has 4 rings (SSSR count). The lowest BCUT2D eigenvalue weighted by Gasteiger charge is -2.23. The zero-order valence-electron chi connectivity index (χ0n) is 18.3. The number of carbonyl (C=O) groups is 1. The number of esters is 1. The van der Waals surface area contributed by atoms with E-state index in [0.29, 0.717) is 29.1 Å². The number of rotatable bonds is 6. The van der Waals surface area contributed by atoms with Crippen LogP contribution >= 0.6 is 12.4 Å². The van der Waals surface area contributed by atoms with Crippen LogP contribution in [-0.4, -0.2) is 43.2 Å². The van der Waals surface area contributed by atoms with Crippen molar-refractivity contribution >= 4 is 35.1 Å². The largest absolute Gasteiger partial charge is 0.493 e. The third-order valence-corrected chi connectivity index (χ3v) is 5.78. The predicted octanol–water partition coefficient (Wildman–Crippen LogP) is 4.64. The Morgan fingerprint density at radius 2 is 1.74 bits per heavy atom. The number of anilines is 1. The minimum absolute atomic E-state index is 0. The minimum Gasteiger partial charge on any atom is -0.493 e. The maximum atomic E-state index is 12.6. The van der Waals surface area contributed by atoms with E-state index in [1.165, 1.54) is 0 Å². The third-order valence-electron chi connectivity index (χ3n) is 5.78. The summed E-state index contributed by atoms with van der Waals surface area (Å²) in [7, 11) is 5.17. The van der Waals surface area contributed by atoms with Gasteiger partial charge in [-0.3, -0.25) is 0 Å². The molecule has 2 heterocycles. The van der Waals surface area contributed by atoms with Crippen LogP contribution < -0.4 is 14.4 Å². The summed E-state index contributed by atoms with van der Waals surface area (Å²) in [5, 5.41) is 1.79. The van der Waals surface area contributed by atoms with Crippen LogP contribution in [0.15, 0.2) is 30.6 Å². The maximum Gasteiger partial charge on any atom is 0.339 e. The molecule has 1 unspecified atom stereocenters. The molecule has 3 aromatic rings. The van der Waals surface area contributed by atoms with Crippen LogP contribution in [0, 0.1) is 0 Å². The quantitative estimate of drug-likeness (QED) is 0.513. The first-order chi connectivity index (χ1) is 14.5. The van der Waals surface area contributed by atoms with Crippen molar-refractivity contribution in [3.8, 4) is 22.6 Å². The van der Waals surface area contributed by atoms with Gasteiger partial charge in [0.05, 0.1) is 19.8 Å². The van der Waals surface area contributed by atoms with E-state index in [-0.39, 0.29) is 25.0 Å². The molecule has 0 radical (unpaired) electrons. The smallest absolute Gasteiger partial charge is 0.339 e. The SMILES string of the molecule is CCC(C)N(C)c1ncc(-c2c3c(cc4cc(OC)c(OC)cc24)COC3=O)cn1.Cl. The van der Waals surface area contributed by atoms with Gasteiger partial charge in [0, 0.05) is 42.2 Å². The van der Waals surface area contributed by atoms with Crippen LogP contribution in [0.1, 0.15) is 36.2 Å². The van der Waals surface area contributed by atoms with Crippen molar-refractivity contribution in [1.82, 2.24) is 9.97 Å². The van der Waals surface area contributed by atoms with E-state index in [1.807, 2.05) is 30.1 Å². The number of benzene rings is 2. The van der Waals surface area contributed by atoms with Gasteiger partial charge in [0.2, 0.25) is 5.95 Å². The summed E-state index contributed by atoms with van der Waals surface area (Å²) in [6.45, 7) is 4.51. The molecule has 0 bridgehead atoms. The lowest BCUT2D eigenvalue weighted by molar-refractivity contribution is 0.0535. The molecule has 1 aliphatic heterocycles. The molecule has 0 saturated heterocycles. The number of hydrogen-bond acceptors (Lipinski definition) is 7. The molecule has 0 spiro atoms. The molecule has 0 saturated carbocycles. The van der Waals surface area contributed by atoms with Crippen LogP contribution in [0.25, 0.3) is 21.9 Å². The first-order valence-electron chi connectivity index (χ1n) is 9.92. The molecule has 31 heavy (non-hydrogen) atoms. The van der Waals surface area contributed by atoms with Crippen LogP contribution in [0.3, 0.4) is 0 Å². The number of halogens is 1. The Bertz CT molecular complexity index is 1120. The maximum absolute atomic E-state index is 12.6. The number of cyclic esters (lactones) is 1. The highest BCUT2D eigenvalue weighted by Gasteiger charge is 2.28. The van der Waals surface area contributed by atoms with Crippen molar-refractivity contribution in [2.75, 3.05) is 26.2 Å². The van der Waals surface area contributed by atoms with Gasteiger partial charge in [-0.15, -0.1) is 12.4 Å². The number of nitrogens with zero attached hydrogens (tertiary/aromatic N) is 3. The van der Waals surface area contributed by atoms with Crippen molar-refractivity contribution in [3.63, 3.8) is 0 Å². The number of fused-ring (bicyclic) bond motifs is 2. The number of aromatic nitrogens is 2. The van der Waals surface area contributed by atoms with Gasteiger partial charge in [0.15, 0.2) is 11.5 Å². The zero-order chi connectivity index (χ0) is 21.4. The summed E-state index contributed by atoms with van der Waals surface area (Å²) in [6.07, 6.45) is 4.52. The number of methoxy groups -OCH3 is 2. The summed E-state index contributed by atoms with van der Waals surface area (Å²) in [6, 6.07) is 6.08. The monoisotopic (exact) mass is 443 g/mol. The topological polar surface area (TPSA) is 73.8 Å². The second-order valence-electron chi connectivity index (χ2n) is 7.43. The molecule has 164 valence electrons. The lowest BCUT2D eigenvalue weighted by Crippen LogP contribution is -2.29. The van der Waals surface area contributed by atoms with Crippen molar-refractivity contribution < 1.29 is 19.0 Å². The van der Waals surface area contributed by atoms with Crippen LogP contribution in [0.5, 0.6) is 11.5 Å². The molecule has 0 fully saturated rings. The highest BCUT2D eigenvalue weighted by molar-refractivity contribution is 6.11. The van der Waals surface area contributed by atoms with E-state index >= 15 is 0 Å². The molecule has 1 aliphatic rings. The second kappa shape index (κ2) is 8.98. The summed E-state index contributed by atoms with van der Waals surface area (Å²) in [4.78, 5) is 23.7. The molecule has 1 atom stereocenters. The van der Waals surface area contributed by atoms with Crippen LogP contribution in [0.2, 0.25) is 0 Å². The summed E-state index contributed by atoms with van der Waals surface area (Å²) in [5.41, 5.74) is 2.91.